The molecule has 0 aliphatic carbocycles. The van der Waals surface area contributed by atoms with Gasteiger partial charge >= 0.3 is 0 Å². The first-order chi connectivity index (χ1) is 7.34. The Kier molecular flexibility index (Phi) is 1.89. The van der Waals surface area contributed by atoms with Crippen LogP contribution < -0.4 is 5.32 Å². The summed E-state index contributed by atoms with van der Waals surface area (Å²) in [4.78, 5) is 0. The maximum atomic E-state index is 9.57. The monoisotopic (exact) mass is 199 g/mol. The van der Waals surface area contributed by atoms with Crippen LogP contribution in [-0.2, 0) is 6.42 Å². The second-order valence-corrected chi connectivity index (χ2v) is 4.06. The predicted molar refractivity (Wildman–Crippen MR) is 62.1 cm³/mol. The topological polar surface area (TPSA) is 32.3 Å². The van der Waals surface area contributed by atoms with E-state index in [1.165, 1.54) is 22.0 Å². The first kappa shape index (κ1) is 8.74. The molecule has 0 bridgehead atoms. The van der Waals surface area contributed by atoms with Crippen LogP contribution in [0.25, 0.3) is 10.8 Å². The maximum absolute atomic E-state index is 9.57. The van der Waals surface area contributed by atoms with Crippen molar-refractivity contribution in [2.45, 2.75) is 12.5 Å². The Bertz CT molecular complexity index is 507. The minimum Gasteiger partial charge on any atom is -0.391 e. The molecule has 2 N–H and O–H groups in total. The van der Waals surface area contributed by atoms with Gasteiger partial charge in [-0.25, -0.2) is 0 Å². The zero-order valence-corrected chi connectivity index (χ0v) is 8.40. The number of β-amino-alcohol motifs (C(OH)–C–C–N with tert-alkyl or cyclic N) is 1. The number of fused-ring (bicyclic) bond motifs is 3. The number of hydrogen-bond donors (Lipinski definition) is 2. The summed E-state index contributed by atoms with van der Waals surface area (Å²) in [7, 11) is 0. The molecule has 1 aliphatic rings. The molecule has 0 fully saturated rings. The third-order valence-electron chi connectivity index (χ3n) is 2.99. The van der Waals surface area contributed by atoms with Crippen LogP contribution in [0.15, 0.2) is 36.4 Å². The van der Waals surface area contributed by atoms with Crippen molar-refractivity contribution in [2.24, 2.45) is 0 Å². The Balaban J connectivity index is 2.25. The summed E-state index contributed by atoms with van der Waals surface area (Å²) in [6, 6.07) is 12.6. The van der Waals surface area contributed by atoms with Gasteiger partial charge in [0.15, 0.2) is 0 Å². The van der Waals surface area contributed by atoms with Crippen molar-refractivity contribution >= 4 is 16.5 Å². The van der Waals surface area contributed by atoms with E-state index < -0.39 is 0 Å². The summed E-state index contributed by atoms with van der Waals surface area (Å²) in [5.74, 6) is 0. The Labute approximate surface area is 88.5 Å². The zero-order chi connectivity index (χ0) is 10.3. The third kappa shape index (κ3) is 1.38. The Hall–Kier alpha value is -1.54. The molecule has 0 saturated carbocycles. The molecule has 2 aromatic carbocycles. The highest BCUT2D eigenvalue weighted by atomic mass is 16.3. The number of rotatable bonds is 0. The molecule has 15 heavy (non-hydrogen) atoms. The second kappa shape index (κ2) is 3.24. The summed E-state index contributed by atoms with van der Waals surface area (Å²) in [5.41, 5.74) is 2.41. The Morgan fingerprint density at radius 2 is 2.00 bits per heavy atom. The average molecular weight is 199 g/mol. The molecule has 0 amide bonds. The van der Waals surface area contributed by atoms with Gasteiger partial charge in [0.05, 0.1) is 6.10 Å². The molecule has 2 heteroatoms. The van der Waals surface area contributed by atoms with Crippen LogP contribution >= 0.6 is 0 Å². The maximum Gasteiger partial charge on any atom is 0.0753 e. The fraction of sp³-hybridized carbons (Fsp3) is 0.231. The van der Waals surface area contributed by atoms with Gasteiger partial charge in [0.25, 0.3) is 0 Å². The lowest BCUT2D eigenvalue weighted by molar-refractivity contribution is 0.185. The molecule has 1 heterocycles. The number of aliphatic hydroxyl groups excluding tert-OH is 1. The normalized spacial score (nSPS) is 19.7. The molecule has 0 spiro atoms. The van der Waals surface area contributed by atoms with Gasteiger partial charge in [-0.05, 0) is 10.9 Å². The SMILES string of the molecule is O[C@H]1CNc2c(ccc3ccccc23)C1. The van der Waals surface area contributed by atoms with Crippen LogP contribution in [0.1, 0.15) is 5.56 Å². The van der Waals surface area contributed by atoms with Gasteiger partial charge in [0, 0.05) is 24.0 Å². The fourth-order valence-corrected chi connectivity index (χ4v) is 2.24. The highest BCUT2D eigenvalue weighted by molar-refractivity contribution is 5.95. The average Bonchev–Trinajstić information content (AvgIpc) is 2.28. The number of aliphatic hydroxyl groups is 1. The van der Waals surface area contributed by atoms with Gasteiger partial charge in [0.1, 0.15) is 0 Å². The van der Waals surface area contributed by atoms with Gasteiger partial charge in [-0.2, -0.15) is 0 Å². The lowest BCUT2D eigenvalue weighted by atomic mass is 9.97. The van der Waals surface area contributed by atoms with Crippen molar-refractivity contribution in [3.05, 3.63) is 42.0 Å². The van der Waals surface area contributed by atoms with Crippen molar-refractivity contribution in [2.75, 3.05) is 11.9 Å². The molecule has 0 unspecified atom stereocenters. The third-order valence-corrected chi connectivity index (χ3v) is 2.99. The minimum absolute atomic E-state index is 0.251. The summed E-state index contributed by atoms with van der Waals surface area (Å²) in [6.45, 7) is 0.654. The van der Waals surface area contributed by atoms with E-state index in [-0.39, 0.29) is 6.10 Å². The minimum atomic E-state index is -0.251. The molecule has 0 aromatic heterocycles. The molecule has 76 valence electrons. The standard InChI is InChI=1S/C13H13NO/c15-11-7-10-6-5-9-3-1-2-4-12(9)13(10)14-8-11/h1-6,11,14-15H,7-8H2/t11-/m1/s1. The fourth-order valence-electron chi connectivity index (χ4n) is 2.24. The van der Waals surface area contributed by atoms with Crippen molar-refractivity contribution in [3.8, 4) is 0 Å². The summed E-state index contributed by atoms with van der Waals surface area (Å²) >= 11 is 0. The van der Waals surface area contributed by atoms with E-state index in [2.05, 4.69) is 35.6 Å². The highest BCUT2D eigenvalue weighted by Crippen LogP contribution is 2.30. The van der Waals surface area contributed by atoms with Gasteiger partial charge in [0.2, 0.25) is 0 Å². The quantitative estimate of drug-likeness (QED) is 0.681. The second-order valence-electron chi connectivity index (χ2n) is 4.06. The van der Waals surface area contributed by atoms with Crippen LogP contribution in [0.4, 0.5) is 5.69 Å². The highest BCUT2D eigenvalue weighted by Gasteiger charge is 2.17. The molecule has 3 rings (SSSR count). The van der Waals surface area contributed by atoms with E-state index in [0.29, 0.717) is 6.54 Å². The molecule has 2 nitrogen and oxygen atoms in total. The van der Waals surface area contributed by atoms with E-state index >= 15 is 0 Å². The lowest BCUT2D eigenvalue weighted by Crippen LogP contribution is -2.27. The van der Waals surface area contributed by atoms with E-state index in [4.69, 9.17) is 0 Å². The summed E-state index contributed by atoms with van der Waals surface area (Å²) in [5, 5.41) is 15.4. The van der Waals surface area contributed by atoms with Crippen LogP contribution in [0.3, 0.4) is 0 Å². The molecule has 1 atom stereocenters. The van der Waals surface area contributed by atoms with Gasteiger partial charge in [-0.3, -0.25) is 0 Å². The molecule has 2 aromatic rings. The molecule has 0 saturated heterocycles. The number of benzene rings is 2. The molecular weight excluding hydrogens is 186 g/mol. The van der Waals surface area contributed by atoms with Gasteiger partial charge < -0.3 is 10.4 Å². The van der Waals surface area contributed by atoms with Crippen molar-refractivity contribution < 1.29 is 5.11 Å². The van der Waals surface area contributed by atoms with E-state index in [1.54, 1.807) is 0 Å². The van der Waals surface area contributed by atoms with E-state index in [9.17, 15) is 5.11 Å². The van der Waals surface area contributed by atoms with Crippen LogP contribution in [0.2, 0.25) is 0 Å². The summed E-state index contributed by atoms with van der Waals surface area (Å²) < 4.78 is 0. The number of hydrogen-bond acceptors (Lipinski definition) is 2. The van der Waals surface area contributed by atoms with Gasteiger partial charge in [-0.15, -0.1) is 0 Å². The lowest BCUT2D eigenvalue weighted by Gasteiger charge is -2.23. The van der Waals surface area contributed by atoms with E-state index in [1.807, 2.05) is 6.07 Å². The molecule has 1 aliphatic heterocycles. The number of nitrogens with one attached hydrogen (secondary N) is 1. The summed E-state index contributed by atoms with van der Waals surface area (Å²) in [6.07, 6.45) is 0.506. The van der Waals surface area contributed by atoms with E-state index in [0.717, 1.165) is 6.42 Å². The van der Waals surface area contributed by atoms with Crippen LogP contribution in [0.5, 0.6) is 0 Å². The Morgan fingerprint density at radius 3 is 2.93 bits per heavy atom. The first-order valence-corrected chi connectivity index (χ1v) is 5.27. The molecular formula is C13H13NO. The van der Waals surface area contributed by atoms with Crippen LogP contribution in [-0.4, -0.2) is 17.8 Å². The predicted octanol–water partition coefficient (Wildman–Crippen LogP) is 2.17. The smallest absolute Gasteiger partial charge is 0.0753 e. The zero-order valence-electron chi connectivity index (χ0n) is 8.40. The van der Waals surface area contributed by atoms with Crippen molar-refractivity contribution in [3.63, 3.8) is 0 Å². The number of anilines is 1. The molecule has 0 radical (unpaired) electrons. The first-order valence-electron chi connectivity index (χ1n) is 5.27. The van der Waals surface area contributed by atoms with Crippen molar-refractivity contribution in [1.29, 1.82) is 0 Å². The van der Waals surface area contributed by atoms with Crippen molar-refractivity contribution in [1.82, 2.24) is 0 Å². The largest absolute Gasteiger partial charge is 0.391 e. The Morgan fingerprint density at radius 1 is 1.13 bits per heavy atom. The van der Waals surface area contributed by atoms with Crippen LogP contribution in [0, 0.1) is 0 Å². The van der Waals surface area contributed by atoms with Gasteiger partial charge in [-0.1, -0.05) is 36.4 Å².